The number of carbonyl (C=O) groups is 2. The zero-order valence-electron chi connectivity index (χ0n) is 13.4. The van der Waals surface area contributed by atoms with Gasteiger partial charge in [0.05, 0.1) is 6.54 Å². The van der Waals surface area contributed by atoms with Gasteiger partial charge in [0.15, 0.2) is 0 Å². The van der Waals surface area contributed by atoms with E-state index in [1.165, 1.54) is 5.56 Å². The molecule has 0 aliphatic rings. The molecule has 0 aliphatic carbocycles. The Kier molecular flexibility index (Phi) is 6.60. The van der Waals surface area contributed by atoms with Crippen molar-refractivity contribution in [1.82, 2.24) is 5.32 Å². The zero-order chi connectivity index (χ0) is 17.2. The van der Waals surface area contributed by atoms with E-state index in [1.807, 2.05) is 18.2 Å². The van der Waals surface area contributed by atoms with E-state index in [1.54, 1.807) is 24.3 Å². The number of hydrogen-bond acceptors (Lipinski definition) is 2. The molecule has 0 aliphatic heterocycles. The van der Waals surface area contributed by atoms with Crippen LogP contribution in [0.25, 0.3) is 0 Å². The molecule has 2 amide bonds. The molecule has 0 bridgehead atoms. The molecule has 4 heteroatoms. The summed E-state index contributed by atoms with van der Waals surface area (Å²) in [5.74, 6) is 5.37. The van der Waals surface area contributed by atoms with Crippen molar-refractivity contribution in [1.29, 1.82) is 0 Å². The predicted molar refractivity (Wildman–Crippen MR) is 94.2 cm³/mol. The van der Waals surface area contributed by atoms with E-state index in [4.69, 9.17) is 5.73 Å². The van der Waals surface area contributed by atoms with Crippen molar-refractivity contribution in [3.8, 4) is 11.8 Å². The molecule has 0 unspecified atom stereocenters. The summed E-state index contributed by atoms with van der Waals surface area (Å²) in [6.45, 7) is 0.307. The van der Waals surface area contributed by atoms with Crippen LogP contribution in [-0.2, 0) is 11.2 Å². The predicted octanol–water partition coefficient (Wildman–Crippen LogP) is 2.28. The molecule has 0 spiro atoms. The first kappa shape index (κ1) is 17.3. The Balaban J connectivity index is 1.68. The molecule has 0 saturated carbocycles. The molecule has 3 N–H and O–H groups in total. The minimum atomic E-state index is -0.461. The van der Waals surface area contributed by atoms with E-state index in [0.29, 0.717) is 18.5 Å². The lowest BCUT2D eigenvalue weighted by atomic mass is 10.1. The summed E-state index contributed by atoms with van der Waals surface area (Å²) < 4.78 is 0. The van der Waals surface area contributed by atoms with Crippen LogP contribution in [0.1, 0.15) is 34.3 Å². The highest BCUT2D eigenvalue weighted by molar-refractivity contribution is 5.92. The summed E-state index contributed by atoms with van der Waals surface area (Å²) >= 11 is 0. The van der Waals surface area contributed by atoms with E-state index >= 15 is 0 Å². The Labute approximate surface area is 142 Å². The van der Waals surface area contributed by atoms with Gasteiger partial charge in [0.1, 0.15) is 0 Å². The molecule has 122 valence electrons. The minimum Gasteiger partial charge on any atom is -0.366 e. The number of primary amides is 1. The Morgan fingerprint density at radius 1 is 1.00 bits per heavy atom. The van der Waals surface area contributed by atoms with Crippen LogP contribution < -0.4 is 11.1 Å². The maximum atomic E-state index is 11.7. The van der Waals surface area contributed by atoms with Crippen LogP contribution in [0.5, 0.6) is 0 Å². The third-order valence-electron chi connectivity index (χ3n) is 3.49. The molecule has 2 aromatic carbocycles. The van der Waals surface area contributed by atoms with Crippen molar-refractivity contribution in [2.24, 2.45) is 5.73 Å². The number of rotatable bonds is 6. The van der Waals surface area contributed by atoms with Crippen LogP contribution in [0.15, 0.2) is 54.6 Å². The van der Waals surface area contributed by atoms with Crippen LogP contribution in [0.2, 0.25) is 0 Å². The summed E-state index contributed by atoms with van der Waals surface area (Å²) in [5.41, 5.74) is 7.64. The van der Waals surface area contributed by atoms with E-state index in [-0.39, 0.29) is 5.91 Å². The SMILES string of the molecule is NC(=O)c1ccc(C#CCNC(=O)CCCc2ccccc2)cc1. The summed E-state index contributed by atoms with van der Waals surface area (Å²) in [5, 5.41) is 2.78. The number of benzene rings is 2. The monoisotopic (exact) mass is 320 g/mol. The van der Waals surface area contributed by atoms with Crippen molar-refractivity contribution >= 4 is 11.8 Å². The zero-order valence-corrected chi connectivity index (χ0v) is 13.4. The highest BCUT2D eigenvalue weighted by atomic mass is 16.1. The fraction of sp³-hybridized carbons (Fsp3) is 0.200. The lowest BCUT2D eigenvalue weighted by molar-refractivity contribution is -0.120. The Hall–Kier alpha value is -3.06. The van der Waals surface area contributed by atoms with Crippen molar-refractivity contribution in [3.63, 3.8) is 0 Å². The fourth-order valence-corrected chi connectivity index (χ4v) is 2.19. The van der Waals surface area contributed by atoms with Gasteiger partial charge < -0.3 is 11.1 Å². The summed E-state index contributed by atoms with van der Waals surface area (Å²) in [6.07, 6.45) is 2.20. The van der Waals surface area contributed by atoms with E-state index in [0.717, 1.165) is 18.4 Å². The van der Waals surface area contributed by atoms with Gasteiger partial charge in [0.25, 0.3) is 0 Å². The Morgan fingerprint density at radius 2 is 1.71 bits per heavy atom. The number of amides is 2. The van der Waals surface area contributed by atoms with Gasteiger partial charge >= 0.3 is 0 Å². The molecule has 24 heavy (non-hydrogen) atoms. The van der Waals surface area contributed by atoms with Crippen molar-refractivity contribution < 1.29 is 9.59 Å². The highest BCUT2D eigenvalue weighted by Gasteiger charge is 2.00. The summed E-state index contributed by atoms with van der Waals surface area (Å²) in [4.78, 5) is 22.7. The molecule has 0 heterocycles. The first-order valence-electron chi connectivity index (χ1n) is 7.84. The standard InChI is InChI=1S/C20H20N2O2/c21-20(24)18-13-11-17(12-14-18)9-5-15-22-19(23)10-4-8-16-6-2-1-3-7-16/h1-3,6-7,11-14H,4,8,10,15H2,(H2,21,24)(H,22,23). The number of carbonyl (C=O) groups excluding carboxylic acids is 2. The number of hydrogen-bond donors (Lipinski definition) is 2. The fourth-order valence-electron chi connectivity index (χ4n) is 2.19. The topological polar surface area (TPSA) is 72.2 Å². The van der Waals surface area contributed by atoms with Crippen LogP contribution in [-0.4, -0.2) is 18.4 Å². The number of aryl methyl sites for hydroxylation is 1. The maximum Gasteiger partial charge on any atom is 0.248 e. The average Bonchev–Trinajstić information content (AvgIpc) is 2.60. The molecular formula is C20H20N2O2. The van der Waals surface area contributed by atoms with Gasteiger partial charge in [-0.25, -0.2) is 0 Å². The lowest BCUT2D eigenvalue weighted by Gasteiger charge is -2.02. The summed E-state index contributed by atoms with van der Waals surface area (Å²) in [6, 6.07) is 16.8. The van der Waals surface area contributed by atoms with Crippen LogP contribution in [0.4, 0.5) is 0 Å². The normalized spacial score (nSPS) is 9.67. The molecule has 0 aromatic heterocycles. The largest absolute Gasteiger partial charge is 0.366 e. The van der Waals surface area contributed by atoms with E-state index in [2.05, 4.69) is 29.3 Å². The second-order valence-electron chi connectivity index (χ2n) is 5.36. The molecule has 2 rings (SSSR count). The van der Waals surface area contributed by atoms with Gasteiger partial charge in [-0.1, -0.05) is 42.2 Å². The van der Waals surface area contributed by atoms with Gasteiger partial charge in [-0.2, -0.15) is 0 Å². The smallest absolute Gasteiger partial charge is 0.248 e. The van der Waals surface area contributed by atoms with Crippen LogP contribution in [0.3, 0.4) is 0 Å². The summed E-state index contributed by atoms with van der Waals surface area (Å²) in [7, 11) is 0. The van der Waals surface area contributed by atoms with Crippen molar-refractivity contribution in [2.45, 2.75) is 19.3 Å². The average molecular weight is 320 g/mol. The number of nitrogens with two attached hydrogens (primary N) is 1. The molecule has 0 saturated heterocycles. The quantitative estimate of drug-likeness (QED) is 0.802. The van der Waals surface area contributed by atoms with Gasteiger partial charge in [0.2, 0.25) is 11.8 Å². The molecule has 0 fully saturated rings. The Morgan fingerprint density at radius 3 is 2.38 bits per heavy atom. The van der Waals surface area contributed by atoms with E-state index in [9.17, 15) is 9.59 Å². The third-order valence-corrected chi connectivity index (χ3v) is 3.49. The third kappa shape index (κ3) is 5.98. The van der Waals surface area contributed by atoms with Crippen molar-refractivity contribution in [2.75, 3.05) is 6.54 Å². The Bertz CT molecular complexity index is 741. The van der Waals surface area contributed by atoms with Gasteiger partial charge in [-0.15, -0.1) is 0 Å². The lowest BCUT2D eigenvalue weighted by Crippen LogP contribution is -2.23. The van der Waals surface area contributed by atoms with E-state index < -0.39 is 5.91 Å². The van der Waals surface area contributed by atoms with Gasteiger partial charge in [-0.05, 0) is 42.7 Å². The van der Waals surface area contributed by atoms with Gasteiger partial charge in [-0.3, -0.25) is 9.59 Å². The molecule has 0 atom stereocenters. The van der Waals surface area contributed by atoms with Gasteiger partial charge in [0, 0.05) is 17.5 Å². The van der Waals surface area contributed by atoms with Crippen LogP contribution >= 0.6 is 0 Å². The minimum absolute atomic E-state index is 0.00399. The van der Waals surface area contributed by atoms with Crippen LogP contribution in [0, 0.1) is 11.8 Å². The highest BCUT2D eigenvalue weighted by Crippen LogP contribution is 2.04. The first-order chi connectivity index (χ1) is 11.6. The molecule has 0 radical (unpaired) electrons. The molecule has 4 nitrogen and oxygen atoms in total. The molecule has 2 aromatic rings. The second kappa shape index (κ2) is 9.16. The number of nitrogens with one attached hydrogen (secondary N) is 1. The van der Waals surface area contributed by atoms with Crippen molar-refractivity contribution in [3.05, 3.63) is 71.3 Å². The first-order valence-corrected chi connectivity index (χ1v) is 7.84. The maximum absolute atomic E-state index is 11.7. The molecular weight excluding hydrogens is 300 g/mol. The second-order valence-corrected chi connectivity index (χ2v) is 5.36.